The maximum Gasteiger partial charge on any atom is 0.418 e. The van der Waals surface area contributed by atoms with Gasteiger partial charge in [-0.05, 0) is 29.1 Å². The molecule has 1 aromatic carbocycles. The van der Waals surface area contributed by atoms with E-state index in [1.165, 1.54) is 29.8 Å². The summed E-state index contributed by atoms with van der Waals surface area (Å²) >= 11 is 1.41. The predicted molar refractivity (Wildman–Crippen MR) is 99.3 cm³/mol. The van der Waals surface area contributed by atoms with Gasteiger partial charge in [-0.15, -0.1) is 11.3 Å². The van der Waals surface area contributed by atoms with Crippen molar-refractivity contribution in [3.05, 3.63) is 58.3 Å². The van der Waals surface area contributed by atoms with Crippen molar-refractivity contribution in [3.63, 3.8) is 0 Å². The molecule has 29 heavy (non-hydrogen) atoms. The molecule has 0 unspecified atom stereocenters. The summed E-state index contributed by atoms with van der Waals surface area (Å²) in [6, 6.07) is 5.81. The summed E-state index contributed by atoms with van der Waals surface area (Å²) in [5, 5.41) is 20.6. The molecule has 4 rings (SSSR count). The molecule has 3 N–H and O–H groups in total. The first-order chi connectivity index (χ1) is 13.8. The van der Waals surface area contributed by atoms with Gasteiger partial charge in [0.15, 0.2) is 0 Å². The number of hydrogen-bond acceptors (Lipinski definition) is 6. The quantitative estimate of drug-likeness (QED) is 0.468. The summed E-state index contributed by atoms with van der Waals surface area (Å²) in [7, 11) is 0. The molecule has 0 fully saturated rings. The monoisotopic (exact) mass is 419 g/mol. The molecule has 3 aromatic heterocycles. The smallest absolute Gasteiger partial charge is 0.418 e. The van der Waals surface area contributed by atoms with Crippen molar-refractivity contribution in [1.29, 1.82) is 0 Å². The number of amides is 1. The number of halogens is 3. The van der Waals surface area contributed by atoms with Crippen LogP contribution >= 0.6 is 11.3 Å². The number of H-pyrrole nitrogens is 1. The molecular formula is C18H12F3N5O2S. The Balaban J connectivity index is 1.79. The normalized spacial score (nSPS) is 11.7. The third kappa shape index (κ3) is 3.76. The van der Waals surface area contributed by atoms with Crippen molar-refractivity contribution in [2.45, 2.75) is 12.7 Å². The van der Waals surface area contributed by atoms with E-state index in [1.807, 2.05) is 5.38 Å². The number of alkyl halides is 3. The molecule has 0 radical (unpaired) electrons. The topological polar surface area (TPSA) is 104 Å². The summed E-state index contributed by atoms with van der Waals surface area (Å²) < 4.78 is 41.0. The Bertz CT molecular complexity index is 1170. The van der Waals surface area contributed by atoms with Crippen molar-refractivity contribution in [3.8, 4) is 17.0 Å². The molecule has 0 aliphatic carbocycles. The second-order valence-corrected chi connectivity index (χ2v) is 7.07. The molecule has 7 nitrogen and oxygen atoms in total. The SMILES string of the molecule is O=C(NCc1cccs1)c1nc(O)c2cc(-c3cn[nH]c3)cc(C(F)(F)F)c2n1. The molecule has 0 saturated heterocycles. The maximum atomic E-state index is 13.7. The minimum absolute atomic E-state index is 0.171. The van der Waals surface area contributed by atoms with Crippen molar-refractivity contribution < 1.29 is 23.1 Å². The second-order valence-electron chi connectivity index (χ2n) is 6.04. The van der Waals surface area contributed by atoms with E-state index in [4.69, 9.17) is 0 Å². The molecule has 0 aliphatic rings. The highest BCUT2D eigenvalue weighted by molar-refractivity contribution is 7.09. The van der Waals surface area contributed by atoms with Gasteiger partial charge in [-0.2, -0.15) is 23.3 Å². The number of nitrogens with one attached hydrogen (secondary N) is 2. The molecule has 148 valence electrons. The largest absolute Gasteiger partial charge is 0.493 e. The van der Waals surface area contributed by atoms with Gasteiger partial charge in [-0.3, -0.25) is 9.89 Å². The van der Waals surface area contributed by atoms with Crippen molar-refractivity contribution in [2.24, 2.45) is 0 Å². The van der Waals surface area contributed by atoms with Crippen molar-refractivity contribution in [2.75, 3.05) is 0 Å². The molecule has 3 heterocycles. The Morgan fingerprint density at radius 2 is 2.07 bits per heavy atom. The molecule has 0 bridgehead atoms. The number of aromatic amines is 1. The van der Waals surface area contributed by atoms with Crippen LogP contribution in [0.2, 0.25) is 0 Å². The summed E-state index contributed by atoms with van der Waals surface area (Å²) in [6.07, 6.45) is -1.99. The molecular weight excluding hydrogens is 407 g/mol. The van der Waals surface area contributed by atoms with E-state index in [-0.39, 0.29) is 17.5 Å². The van der Waals surface area contributed by atoms with E-state index in [0.717, 1.165) is 10.9 Å². The fraction of sp³-hybridized carbons (Fsp3) is 0.111. The first-order valence-corrected chi connectivity index (χ1v) is 9.12. The first kappa shape index (κ1) is 18.9. The molecule has 0 aliphatic heterocycles. The van der Waals surface area contributed by atoms with Crippen LogP contribution in [-0.2, 0) is 12.7 Å². The van der Waals surface area contributed by atoms with Crippen LogP contribution in [-0.4, -0.2) is 31.2 Å². The second kappa shape index (κ2) is 7.17. The molecule has 0 saturated carbocycles. The number of fused-ring (bicyclic) bond motifs is 1. The van der Waals surface area contributed by atoms with Crippen LogP contribution in [0.5, 0.6) is 5.88 Å². The Kier molecular flexibility index (Phi) is 4.66. The van der Waals surface area contributed by atoms with Gasteiger partial charge < -0.3 is 10.4 Å². The molecule has 1 amide bonds. The Labute approximate surface area is 165 Å². The van der Waals surface area contributed by atoms with Crippen LogP contribution in [0.3, 0.4) is 0 Å². The van der Waals surface area contributed by atoms with Gasteiger partial charge in [0, 0.05) is 16.6 Å². The van der Waals surface area contributed by atoms with E-state index >= 15 is 0 Å². The van der Waals surface area contributed by atoms with Gasteiger partial charge in [-0.1, -0.05) is 6.07 Å². The van der Waals surface area contributed by atoms with Gasteiger partial charge in [-0.25, -0.2) is 4.98 Å². The van der Waals surface area contributed by atoms with E-state index < -0.39 is 34.9 Å². The number of thiophene rings is 1. The highest BCUT2D eigenvalue weighted by Crippen LogP contribution is 2.39. The molecule has 0 atom stereocenters. The fourth-order valence-electron chi connectivity index (χ4n) is 2.77. The van der Waals surface area contributed by atoms with Crippen LogP contribution < -0.4 is 5.32 Å². The van der Waals surface area contributed by atoms with E-state index in [0.29, 0.717) is 5.56 Å². The van der Waals surface area contributed by atoms with Crippen LogP contribution in [0.1, 0.15) is 21.1 Å². The van der Waals surface area contributed by atoms with Gasteiger partial charge >= 0.3 is 6.18 Å². The number of benzene rings is 1. The Morgan fingerprint density at radius 3 is 2.72 bits per heavy atom. The lowest BCUT2D eigenvalue weighted by Crippen LogP contribution is -2.25. The van der Waals surface area contributed by atoms with Crippen molar-refractivity contribution >= 4 is 28.1 Å². The van der Waals surface area contributed by atoms with Gasteiger partial charge in [0.2, 0.25) is 11.7 Å². The van der Waals surface area contributed by atoms with E-state index in [9.17, 15) is 23.1 Å². The number of carbonyl (C=O) groups is 1. The number of hydrogen-bond donors (Lipinski definition) is 3. The lowest BCUT2D eigenvalue weighted by Gasteiger charge is -2.13. The number of aromatic nitrogens is 4. The predicted octanol–water partition coefficient (Wildman–Crippen LogP) is 3.74. The minimum Gasteiger partial charge on any atom is -0.493 e. The third-order valence-electron chi connectivity index (χ3n) is 4.12. The number of aromatic hydroxyl groups is 1. The zero-order valence-corrected chi connectivity index (χ0v) is 15.3. The summed E-state index contributed by atoms with van der Waals surface area (Å²) in [5.74, 6) is -2.05. The maximum absolute atomic E-state index is 13.7. The Hall–Kier alpha value is -3.47. The average Bonchev–Trinajstić information content (AvgIpc) is 3.38. The van der Waals surface area contributed by atoms with E-state index in [1.54, 1.807) is 12.1 Å². The van der Waals surface area contributed by atoms with Crippen LogP contribution in [0, 0.1) is 0 Å². The summed E-state index contributed by atoms with van der Waals surface area (Å²) in [4.78, 5) is 20.7. The minimum atomic E-state index is -4.76. The van der Waals surface area contributed by atoms with Crippen LogP contribution in [0.4, 0.5) is 13.2 Å². The number of nitrogens with zero attached hydrogens (tertiary/aromatic N) is 3. The van der Waals surface area contributed by atoms with E-state index in [2.05, 4.69) is 25.5 Å². The Morgan fingerprint density at radius 1 is 1.24 bits per heavy atom. The lowest BCUT2D eigenvalue weighted by molar-refractivity contribution is -0.136. The zero-order chi connectivity index (χ0) is 20.6. The zero-order valence-electron chi connectivity index (χ0n) is 14.5. The first-order valence-electron chi connectivity index (χ1n) is 8.24. The highest BCUT2D eigenvalue weighted by atomic mass is 32.1. The number of rotatable bonds is 4. The molecule has 4 aromatic rings. The van der Waals surface area contributed by atoms with Crippen molar-refractivity contribution in [1.82, 2.24) is 25.5 Å². The van der Waals surface area contributed by atoms with Crippen LogP contribution in [0.25, 0.3) is 22.0 Å². The summed E-state index contributed by atoms with van der Waals surface area (Å²) in [6.45, 7) is 0.171. The highest BCUT2D eigenvalue weighted by Gasteiger charge is 2.35. The average molecular weight is 419 g/mol. The molecule has 11 heteroatoms. The summed E-state index contributed by atoms with van der Waals surface area (Å²) in [5.41, 5.74) is -1.07. The van der Waals surface area contributed by atoms with Gasteiger partial charge in [0.05, 0.1) is 29.2 Å². The third-order valence-corrected chi connectivity index (χ3v) is 5.00. The number of carbonyl (C=O) groups excluding carboxylic acids is 1. The molecule has 0 spiro atoms. The van der Waals surface area contributed by atoms with Gasteiger partial charge in [0.25, 0.3) is 5.91 Å². The van der Waals surface area contributed by atoms with Gasteiger partial charge in [0.1, 0.15) is 0 Å². The standard InChI is InChI=1S/C18H12F3N5O2S/c19-18(20,21)13-5-9(10-6-23-24-7-10)4-12-14(13)25-15(26-16(12)27)17(28)22-8-11-2-1-3-29-11/h1-7H,8H2,(H,22,28)(H,23,24)(H,25,26,27). The van der Waals surface area contributed by atoms with Crippen LogP contribution in [0.15, 0.2) is 42.0 Å². The lowest BCUT2D eigenvalue weighted by atomic mass is 10.0. The fourth-order valence-corrected chi connectivity index (χ4v) is 3.41.